The first-order valence-electron chi connectivity index (χ1n) is 15.1. The van der Waals surface area contributed by atoms with Crippen LogP contribution in [0.15, 0.2) is 60.7 Å². The third-order valence-corrected chi connectivity index (χ3v) is 8.43. The summed E-state index contributed by atoms with van der Waals surface area (Å²) in [4.78, 5) is 67.8. The Kier molecular flexibility index (Phi) is 10.2. The van der Waals surface area contributed by atoms with Crippen molar-refractivity contribution in [3.63, 3.8) is 0 Å². The summed E-state index contributed by atoms with van der Waals surface area (Å²) in [6.45, 7) is 6.98. The van der Waals surface area contributed by atoms with Crippen LogP contribution in [-0.2, 0) is 36.9 Å². The number of rotatable bonds is 11. The molecule has 5 amide bonds. The number of hydrogen-bond acceptors (Lipinski definition) is 5. The predicted molar refractivity (Wildman–Crippen MR) is 162 cm³/mol. The molecule has 0 bridgehead atoms. The quantitative estimate of drug-likeness (QED) is 0.319. The van der Waals surface area contributed by atoms with Gasteiger partial charge in [0.2, 0.25) is 29.5 Å². The zero-order valence-corrected chi connectivity index (χ0v) is 25.4. The first kappa shape index (κ1) is 31.7. The third kappa shape index (κ3) is 7.60. The van der Waals surface area contributed by atoms with Gasteiger partial charge in [-0.2, -0.15) is 0 Å². The molecule has 0 saturated carbocycles. The highest BCUT2D eigenvalue weighted by atomic mass is 16.2. The maximum atomic E-state index is 14.4. The van der Waals surface area contributed by atoms with Crippen LogP contribution in [0, 0.1) is 5.92 Å². The van der Waals surface area contributed by atoms with Gasteiger partial charge in [-0.1, -0.05) is 74.5 Å². The number of fused-ring (bicyclic) bond motifs is 1. The topological polar surface area (TPSA) is 137 Å². The van der Waals surface area contributed by atoms with Crippen LogP contribution in [0.25, 0.3) is 0 Å². The maximum Gasteiger partial charge on any atom is 0.249 e. The van der Waals surface area contributed by atoms with E-state index in [4.69, 9.17) is 0 Å². The summed E-state index contributed by atoms with van der Waals surface area (Å²) in [5.41, 5.74) is 0.540. The lowest BCUT2D eigenvalue weighted by Gasteiger charge is -2.46. The Morgan fingerprint density at radius 1 is 0.860 bits per heavy atom. The van der Waals surface area contributed by atoms with Crippen molar-refractivity contribution in [2.75, 3.05) is 0 Å². The molecule has 10 heteroatoms. The van der Waals surface area contributed by atoms with Gasteiger partial charge in [0.15, 0.2) is 0 Å². The van der Waals surface area contributed by atoms with Gasteiger partial charge >= 0.3 is 0 Å². The van der Waals surface area contributed by atoms with E-state index in [1.807, 2.05) is 74.5 Å². The molecule has 10 nitrogen and oxygen atoms in total. The van der Waals surface area contributed by atoms with Gasteiger partial charge in [0.1, 0.15) is 23.7 Å². The number of hydrogen-bond donors (Lipinski definition) is 4. The van der Waals surface area contributed by atoms with Crippen LogP contribution in [0.4, 0.5) is 0 Å². The molecule has 0 aromatic heterocycles. The number of carbonyl (C=O) groups excluding carboxylic acids is 5. The Morgan fingerprint density at radius 2 is 1.49 bits per heavy atom. The molecule has 2 heterocycles. The van der Waals surface area contributed by atoms with E-state index in [0.717, 1.165) is 11.1 Å². The standard InChI is InChI=1S/C33H43N5O5/c1-21(2)28(31(42)34-20-25-13-9-6-10-14-25)36-30(41)27-16-15-26-17-18-33(32(43)38(26)27,19-24-11-7-5-8-12-24)37-29(40)22(3)35-23(4)39/h5-14,21-22,26-28H,15-20H2,1-4H3,(H,34,42)(H,35,39)(H,36,41)(H,37,40)/t22-,26+,27-,28-,33+/m0/s1. The molecule has 0 radical (unpaired) electrons. The van der Waals surface area contributed by atoms with Crippen molar-refractivity contribution < 1.29 is 24.0 Å². The number of nitrogens with zero attached hydrogens (tertiary/aromatic N) is 1. The first-order chi connectivity index (χ1) is 20.5. The molecule has 0 unspecified atom stereocenters. The third-order valence-electron chi connectivity index (χ3n) is 8.43. The minimum absolute atomic E-state index is 0.138. The largest absolute Gasteiger partial charge is 0.350 e. The normalized spacial score (nSPS) is 22.7. The molecule has 2 aliphatic rings. The maximum absolute atomic E-state index is 14.4. The van der Waals surface area contributed by atoms with Crippen LogP contribution in [0.2, 0.25) is 0 Å². The smallest absolute Gasteiger partial charge is 0.249 e. The Labute approximate surface area is 253 Å². The van der Waals surface area contributed by atoms with Crippen molar-refractivity contribution in [2.24, 2.45) is 5.92 Å². The summed E-state index contributed by atoms with van der Waals surface area (Å²) in [6, 6.07) is 16.5. The Hall–Kier alpha value is -4.21. The molecule has 230 valence electrons. The molecule has 5 atom stereocenters. The second-order valence-electron chi connectivity index (χ2n) is 12.1. The number of benzene rings is 2. The highest BCUT2D eigenvalue weighted by Crippen LogP contribution is 2.38. The second-order valence-corrected chi connectivity index (χ2v) is 12.1. The van der Waals surface area contributed by atoms with E-state index in [1.54, 1.807) is 11.8 Å². The van der Waals surface area contributed by atoms with Crippen molar-refractivity contribution in [2.45, 2.75) is 96.1 Å². The summed E-state index contributed by atoms with van der Waals surface area (Å²) in [7, 11) is 0. The van der Waals surface area contributed by atoms with E-state index >= 15 is 0 Å². The van der Waals surface area contributed by atoms with Crippen molar-refractivity contribution in [1.29, 1.82) is 0 Å². The minimum atomic E-state index is -1.28. The Morgan fingerprint density at radius 3 is 2.09 bits per heavy atom. The van der Waals surface area contributed by atoms with Gasteiger partial charge in [-0.05, 0) is 49.7 Å². The molecular formula is C33H43N5O5. The number of nitrogens with one attached hydrogen (secondary N) is 4. The number of piperidine rings is 1. The van der Waals surface area contributed by atoms with E-state index in [0.29, 0.717) is 32.2 Å². The number of amides is 5. The Bertz CT molecular complexity index is 1320. The number of carbonyl (C=O) groups is 5. The average Bonchev–Trinajstić information content (AvgIpc) is 3.42. The van der Waals surface area contributed by atoms with E-state index in [9.17, 15) is 24.0 Å². The molecule has 0 spiro atoms. The Balaban J connectivity index is 1.53. The average molecular weight is 590 g/mol. The highest BCUT2D eigenvalue weighted by molar-refractivity contribution is 5.98. The summed E-state index contributed by atoms with van der Waals surface area (Å²) < 4.78 is 0. The molecule has 2 aromatic rings. The molecular weight excluding hydrogens is 546 g/mol. The monoisotopic (exact) mass is 589 g/mol. The van der Waals surface area contributed by atoms with Crippen molar-refractivity contribution in [1.82, 2.24) is 26.2 Å². The van der Waals surface area contributed by atoms with E-state index < -0.39 is 29.6 Å². The molecule has 4 N–H and O–H groups in total. The van der Waals surface area contributed by atoms with Crippen LogP contribution in [0.1, 0.15) is 64.5 Å². The zero-order chi connectivity index (χ0) is 31.1. The summed E-state index contributed by atoms with van der Waals surface area (Å²) in [5, 5.41) is 11.4. The van der Waals surface area contributed by atoms with Crippen LogP contribution >= 0.6 is 0 Å². The fourth-order valence-electron chi connectivity index (χ4n) is 6.16. The fourth-order valence-corrected chi connectivity index (χ4v) is 6.16. The van der Waals surface area contributed by atoms with Crippen LogP contribution in [-0.4, -0.2) is 64.1 Å². The SMILES string of the molecule is CC(=O)N[C@@H](C)C(=O)N[C@@]1(Cc2ccccc2)CC[C@H]2CC[C@@H](C(=O)N[C@H](C(=O)NCc3ccccc3)C(C)C)N2C1=O. The summed E-state index contributed by atoms with van der Waals surface area (Å²) >= 11 is 0. The molecule has 2 fully saturated rings. The lowest BCUT2D eigenvalue weighted by molar-refractivity contribution is -0.152. The first-order valence-corrected chi connectivity index (χ1v) is 15.1. The van der Waals surface area contributed by atoms with E-state index in [2.05, 4.69) is 21.3 Å². The van der Waals surface area contributed by atoms with E-state index in [1.165, 1.54) is 6.92 Å². The van der Waals surface area contributed by atoms with Gasteiger partial charge in [0, 0.05) is 25.9 Å². The van der Waals surface area contributed by atoms with Crippen LogP contribution in [0.3, 0.4) is 0 Å². The van der Waals surface area contributed by atoms with Gasteiger partial charge in [0.05, 0.1) is 0 Å². The van der Waals surface area contributed by atoms with Gasteiger partial charge in [0.25, 0.3) is 0 Å². The molecule has 0 aliphatic carbocycles. The lowest BCUT2D eigenvalue weighted by Crippen LogP contribution is -2.69. The fraction of sp³-hybridized carbons (Fsp3) is 0.485. The van der Waals surface area contributed by atoms with Gasteiger partial charge in [-0.25, -0.2) is 0 Å². The highest BCUT2D eigenvalue weighted by Gasteiger charge is 2.54. The molecule has 4 rings (SSSR count). The van der Waals surface area contributed by atoms with E-state index in [-0.39, 0.29) is 42.0 Å². The molecule has 43 heavy (non-hydrogen) atoms. The van der Waals surface area contributed by atoms with Crippen molar-refractivity contribution in [3.05, 3.63) is 71.8 Å². The lowest BCUT2D eigenvalue weighted by atomic mass is 9.79. The van der Waals surface area contributed by atoms with Crippen LogP contribution in [0.5, 0.6) is 0 Å². The molecule has 2 saturated heterocycles. The van der Waals surface area contributed by atoms with Gasteiger partial charge in [-0.15, -0.1) is 0 Å². The minimum Gasteiger partial charge on any atom is -0.350 e. The predicted octanol–water partition coefficient (Wildman–Crippen LogP) is 2.22. The van der Waals surface area contributed by atoms with Gasteiger partial charge in [-0.3, -0.25) is 24.0 Å². The van der Waals surface area contributed by atoms with Crippen LogP contribution < -0.4 is 21.3 Å². The van der Waals surface area contributed by atoms with Gasteiger partial charge < -0.3 is 26.2 Å². The zero-order valence-electron chi connectivity index (χ0n) is 25.4. The second kappa shape index (κ2) is 13.8. The van der Waals surface area contributed by atoms with Crippen molar-refractivity contribution >= 4 is 29.5 Å². The molecule has 2 aliphatic heterocycles. The van der Waals surface area contributed by atoms with Crippen molar-refractivity contribution in [3.8, 4) is 0 Å². The summed E-state index contributed by atoms with van der Waals surface area (Å²) in [6.07, 6.45) is 2.40. The molecule has 2 aromatic carbocycles. The summed E-state index contributed by atoms with van der Waals surface area (Å²) in [5.74, 6) is -1.97.